The van der Waals surface area contributed by atoms with E-state index in [9.17, 15) is 4.79 Å². The molecule has 1 atom stereocenters. The Bertz CT molecular complexity index is 328. The van der Waals surface area contributed by atoms with Gasteiger partial charge in [0.15, 0.2) is 0 Å². The molecule has 1 aromatic heterocycles. The van der Waals surface area contributed by atoms with Gasteiger partial charge >= 0.3 is 0 Å². The molecule has 1 amide bonds. The van der Waals surface area contributed by atoms with E-state index in [0.29, 0.717) is 6.54 Å². The van der Waals surface area contributed by atoms with Crippen LogP contribution in [0.2, 0.25) is 0 Å². The third kappa shape index (κ3) is 4.74. The van der Waals surface area contributed by atoms with Crippen LogP contribution in [-0.2, 0) is 0 Å². The van der Waals surface area contributed by atoms with E-state index in [1.165, 1.54) is 11.3 Å². The third-order valence-electron chi connectivity index (χ3n) is 1.94. The molecular weight excluding hydrogens is 264 g/mol. The van der Waals surface area contributed by atoms with Crippen molar-refractivity contribution in [3.63, 3.8) is 0 Å². The lowest BCUT2D eigenvalue weighted by Crippen LogP contribution is -2.28. The summed E-state index contributed by atoms with van der Waals surface area (Å²) in [6, 6.07) is 2.10. The Labute approximate surface area is 111 Å². The lowest BCUT2D eigenvalue weighted by atomic mass is 10.2. The van der Waals surface area contributed by atoms with E-state index in [0.717, 1.165) is 16.2 Å². The molecule has 1 aromatic rings. The van der Waals surface area contributed by atoms with Crippen molar-refractivity contribution in [3.05, 3.63) is 16.3 Å². The maximum Gasteiger partial charge on any atom is 0.262 e. The van der Waals surface area contributed by atoms with Crippen molar-refractivity contribution in [2.75, 3.05) is 12.8 Å². The molecule has 3 nitrogen and oxygen atoms in total. The molecule has 0 aliphatic heterocycles. The van der Waals surface area contributed by atoms with Crippen molar-refractivity contribution in [1.29, 1.82) is 0 Å². The van der Waals surface area contributed by atoms with Gasteiger partial charge in [-0.2, -0.15) is 0 Å². The average Bonchev–Trinajstić information content (AvgIpc) is 2.64. The largest absolute Gasteiger partial charge is 0.351 e. The molecule has 0 saturated carbocycles. The molecule has 6 heteroatoms. The fraction of sp³-hybridized carbons (Fsp3) is 0.500. The van der Waals surface area contributed by atoms with E-state index in [-0.39, 0.29) is 24.4 Å². The van der Waals surface area contributed by atoms with Crippen LogP contribution in [-0.4, -0.2) is 24.7 Å². The van der Waals surface area contributed by atoms with Crippen LogP contribution in [0.4, 0.5) is 0 Å². The second-order valence-electron chi connectivity index (χ2n) is 3.34. The monoisotopic (exact) mass is 280 g/mol. The first-order valence-corrected chi connectivity index (χ1v) is 6.91. The van der Waals surface area contributed by atoms with Crippen LogP contribution in [0, 0.1) is 0 Å². The molecule has 1 heterocycles. The first kappa shape index (κ1) is 15.8. The molecule has 3 N–H and O–H groups in total. The van der Waals surface area contributed by atoms with Crippen LogP contribution in [0.25, 0.3) is 0 Å². The first-order chi connectivity index (χ1) is 7.15. The standard InChI is InChI=1S/C10H16N2OS2.ClH/c1-7(11)3-5-12-10(13)9-8(14-2)4-6-15-9;/h4,6-7H,3,5,11H2,1-2H3,(H,12,13);1H. The zero-order valence-electron chi connectivity index (χ0n) is 9.36. The topological polar surface area (TPSA) is 55.1 Å². The van der Waals surface area contributed by atoms with Crippen LogP contribution >= 0.6 is 35.5 Å². The summed E-state index contributed by atoms with van der Waals surface area (Å²) in [5, 5.41) is 4.81. The van der Waals surface area contributed by atoms with Gasteiger partial charge in [0, 0.05) is 17.5 Å². The zero-order valence-corrected chi connectivity index (χ0v) is 11.8. The van der Waals surface area contributed by atoms with E-state index >= 15 is 0 Å². The molecule has 0 aromatic carbocycles. The van der Waals surface area contributed by atoms with E-state index in [4.69, 9.17) is 5.73 Å². The van der Waals surface area contributed by atoms with E-state index < -0.39 is 0 Å². The van der Waals surface area contributed by atoms with Gasteiger partial charge in [-0.15, -0.1) is 35.5 Å². The number of amides is 1. The number of carbonyl (C=O) groups is 1. The van der Waals surface area contributed by atoms with Crippen LogP contribution in [0.3, 0.4) is 0 Å². The maximum atomic E-state index is 11.7. The second kappa shape index (κ2) is 7.95. The highest BCUT2D eigenvalue weighted by atomic mass is 35.5. The fourth-order valence-electron chi connectivity index (χ4n) is 1.12. The molecule has 0 aliphatic carbocycles. The minimum absolute atomic E-state index is 0. The number of thiophene rings is 1. The molecule has 0 spiro atoms. The van der Waals surface area contributed by atoms with Gasteiger partial charge in [-0.25, -0.2) is 0 Å². The van der Waals surface area contributed by atoms with Crippen molar-refractivity contribution in [3.8, 4) is 0 Å². The van der Waals surface area contributed by atoms with Crippen LogP contribution in [0.1, 0.15) is 23.0 Å². The Balaban J connectivity index is 0.00000225. The maximum absolute atomic E-state index is 11.7. The van der Waals surface area contributed by atoms with E-state index in [2.05, 4.69) is 5.32 Å². The molecule has 1 unspecified atom stereocenters. The minimum atomic E-state index is 0. The highest BCUT2D eigenvalue weighted by molar-refractivity contribution is 7.98. The van der Waals surface area contributed by atoms with Crippen molar-refractivity contribution >= 4 is 41.4 Å². The molecule has 92 valence electrons. The second-order valence-corrected chi connectivity index (χ2v) is 5.10. The normalized spacial score (nSPS) is 11.7. The van der Waals surface area contributed by atoms with Gasteiger partial charge in [0.25, 0.3) is 5.91 Å². The predicted octanol–water partition coefficient (Wildman–Crippen LogP) is 2.36. The molecule has 0 radical (unpaired) electrons. The summed E-state index contributed by atoms with van der Waals surface area (Å²) >= 11 is 3.07. The summed E-state index contributed by atoms with van der Waals surface area (Å²) in [5.41, 5.74) is 5.60. The molecule has 0 bridgehead atoms. The molecule has 0 saturated heterocycles. The molecule has 0 aliphatic rings. The van der Waals surface area contributed by atoms with Crippen LogP contribution < -0.4 is 11.1 Å². The van der Waals surface area contributed by atoms with Gasteiger partial charge in [-0.3, -0.25) is 4.79 Å². The number of nitrogens with two attached hydrogens (primary N) is 1. The summed E-state index contributed by atoms with van der Waals surface area (Å²) in [7, 11) is 0. The number of hydrogen-bond acceptors (Lipinski definition) is 4. The summed E-state index contributed by atoms with van der Waals surface area (Å²) in [4.78, 5) is 13.6. The minimum Gasteiger partial charge on any atom is -0.351 e. The number of hydrogen-bond donors (Lipinski definition) is 2. The fourth-order valence-corrected chi connectivity index (χ4v) is 2.78. The zero-order chi connectivity index (χ0) is 11.3. The van der Waals surface area contributed by atoms with E-state index in [1.54, 1.807) is 11.8 Å². The quantitative estimate of drug-likeness (QED) is 0.814. The molecular formula is C10H17ClN2OS2. The Kier molecular flexibility index (Phi) is 7.83. The van der Waals surface area contributed by atoms with Crippen molar-refractivity contribution in [1.82, 2.24) is 5.32 Å². The number of thioether (sulfide) groups is 1. The highest BCUT2D eigenvalue weighted by Crippen LogP contribution is 2.25. The van der Waals surface area contributed by atoms with Crippen LogP contribution in [0.5, 0.6) is 0 Å². The number of nitrogens with one attached hydrogen (secondary N) is 1. The number of carbonyl (C=O) groups excluding carboxylic acids is 1. The summed E-state index contributed by atoms with van der Waals surface area (Å²) < 4.78 is 0. The smallest absolute Gasteiger partial charge is 0.262 e. The highest BCUT2D eigenvalue weighted by Gasteiger charge is 2.11. The number of rotatable bonds is 5. The molecule has 1 rings (SSSR count). The van der Waals surface area contributed by atoms with Gasteiger partial charge in [-0.05, 0) is 31.0 Å². The van der Waals surface area contributed by atoms with Gasteiger partial charge in [0.1, 0.15) is 4.88 Å². The average molecular weight is 281 g/mol. The Morgan fingerprint density at radius 2 is 2.38 bits per heavy atom. The molecule has 0 fully saturated rings. The van der Waals surface area contributed by atoms with Crippen molar-refractivity contribution < 1.29 is 4.79 Å². The van der Waals surface area contributed by atoms with Gasteiger partial charge in [0.2, 0.25) is 0 Å². The molecule has 16 heavy (non-hydrogen) atoms. The third-order valence-corrected chi connectivity index (χ3v) is 3.76. The number of halogens is 1. The Morgan fingerprint density at radius 3 is 2.94 bits per heavy atom. The Hall–Kier alpha value is -0.230. The van der Waals surface area contributed by atoms with Gasteiger partial charge < -0.3 is 11.1 Å². The van der Waals surface area contributed by atoms with Crippen molar-refractivity contribution in [2.24, 2.45) is 5.73 Å². The van der Waals surface area contributed by atoms with E-state index in [1.807, 2.05) is 24.6 Å². The summed E-state index contributed by atoms with van der Waals surface area (Å²) in [6.07, 6.45) is 2.78. The Morgan fingerprint density at radius 1 is 1.69 bits per heavy atom. The van der Waals surface area contributed by atoms with Crippen molar-refractivity contribution in [2.45, 2.75) is 24.3 Å². The summed E-state index contributed by atoms with van der Waals surface area (Å²) in [6.45, 7) is 2.58. The lowest BCUT2D eigenvalue weighted by Gasteiger charge is -2.06. The van der Waals surface area contributed by atoms with Gasteiger partial charge in [-0.1, -0.05) is 0 Å². The summed E-state index contributed by atoms with van der Waals surface area (Å²) in [5.74, 6) is 0.00926. The first-order valence-electron chi connectivity index (χ1n) is 4.80. The van der Waals surface area contributed by atoms with Gasteiger partial charge in [0.05, 0.1) is 0 Å². The predicted molar refractivity (Wildman–Crippen MR) is 73.9 cm³/mol. The SMILES string of the molecule is CSc1ccsc1C(=O)NCCC(C)N.Cl. The lowest BCUT2D eigenvalue weighted by molar-refractivity contribution is 0.0954. The van der Waals surface area contributed by atoms with Crippen LogP contribution in [0.15, 0.2) is 16.3 Å².